The lowest BCUT2D eigenvalue weighted by molar-refractivity contribution is 0.0489. The molecule has 1 aromatic heterocycles. The number of piperazine rings is 1. The minimum atomic E-state index is -4.20. The Balaban J connectivity index is 1.87. The number of carbonyl (C=O) groups excluding carboxylic acids is 1. The highest BCUT2D eigenvalue weighted by Gasteiger charge is 2.44. The zero-order valence-corrected chi connectivity index (χ0v) is 14.9. The maximum absolute atomic E-state index is 14.0. The fourth-order valence-corrected chi connectivity index (χ4v) is 4.84. The first kappa shape index (κ1) is 18.4. The Kier molecular flexibility index (Phi) is 4.53. The summed E-state index contributed by atoms with van der Waals surface area (Å²) < 4.78 is 54.0. The van der Waals surface area contributed by atoms with E-state index in [1.165, 1.54) is 11.1 Å². The summed E-state index contributed by atoms with van der Waals surface area (Å²) in [5.74, 6) is -2.39. The van der Waals surface area contributed by atoms with Gasteiger partial charge in [-0.3, -0.25) is 4.79 Å². The van der Waals surface area contributed by atoms with Gasteiger partial charge in [-0.25, -0.2) is 17.2 Å². The lowest BCUT2D eigenvalue weighted by Crippen LogP contribution is -2.62. The van der Waals surface area contributed by atoms with Crippen molar-refractivity contribution in [3.63, 3.8) is 0 Å². The van der Waals surface area contributed by atoms with Gasteiger partial charge in [-0.15, -0.1) is 0 Å². The number of aromatic nitrogens is 3. The Morgan fingerprint density at radius 3 is 2.58 bits per heavy atom. The van der Waals surface area contributed by atoms with Gasteiger partial charge >= 0.3 is 0 Å². The number of carbonyl (C=O) groups is 1. The number of H-pyrrole nitrogens is 1. The van der Waals surface area contributed by atoms with Gasteiger partial charge in [-0.1, -0.05) is 0 Å². The maximum atomic E-state index is 14.0. The number of benzene rings is 1. The van der Waals surface area contributed by atoms with Crippen molar-refractivity contribution in [1.82, 2.24) is 24.6 Å². The quantitative estimate of drug-likeness (QED) is 0.850. The topological polar surface area (TPSA) is 99.3 Å². The van der Waals surface area contributed by atoms with Crippen molar-refractivity contribution in [2.75, 3.05) is 19.6 Å². The third kappa shape index (κ3) is 3.19. The zero-order chi connectivity index (χ0) is 19.1. The molecule has 2 heterocycles. The minimum absolute atomic E-state index is 0.0320. The molecular weight excluding hydrogens is 368 g/mol. The van der Waals surface area contributed by atoms with E-state index in [0.29, 0.717) is 6.07 Å². The molecule has 0 aliphatic carbocycles. The lowest BCUT2D eigenvalue weighted by Gasteiger charge is -2.45. The van der Waals surface area contributed by atoms with Crippen LogP contribution in [-0.2, 0) is 10.0 Å². The number of nitrogens with one attached hydrogen (secondary N) is 1. The summed E-state index contributed by atoms with van der Waals surface area (Å²) in [4.78, 5) is 13.3. The molecule has 11 heteroatoms. The van der Waals surface area contributed by atoms with E-state index in [0.717, 1.165) is 16.4 Å². The number of sulfonamides is 1. The molecule has 0 spiro atoms. The Morgan fingerprint density at radius 2 is 2.00 bits per heavy atom. The molecule has 0 radical (unpaired) electrons. The number of hydrogen-bond donors (Lipinski definition) is 1. The smallest absolute Gasteiger partial charge is 0.276 e. The van der Waals surface area contributed by atoms with Gasteiger partial charge in [0.25, 0.3) is 5.91 Å². The second-order valence-electron chi connectivity index (χ2n) is 6.55. The highest BCUT2D eigenvalue weighted by Crippen LogP contribution is 2.30. The van der Waals surface area contributed by atoms with E-state index >= 15 is 0 Å². The molecule has 1 amide bonds. The van der Waals surface area contributed by atoms with Crippen molar-refractivity contribution in [3.05, 3.63) is 41.7 Å². The van der Waals surface area contributed by atoms with Crippen molar-refractivity contribution in [3.8, 4) is 0 Å². The van der Waals surface area contributed by atoms with Crippen LogP contribution in [0.25, 0.3) is 0 Å². The number of nitrogens with zero attached hydrogens (tertiary/aromatic N) is 4. The van der Waals surface area contributed by atoms with Gasteiger partial charge in [0.15, 0.2) is 5.69 Å². The van der Waals surface area contributed by atoms with Gasteiger partial charge in [0, 0.05) is 31.2 Å². The van der Waals surface area contributed by atoms with Gasteiger partial charge in [-0.2, -0.15) is 19.7 Å². The molecule has 1 fully saturated rings. The van der Waals surface area contributed by atoms with Crippen LogP contribution in [0.15, 0.2) is 29.3 Å². The van der Waals surface area contributed by atoms with Crippen LogP contribution in [0.2, 0.25) is 0 Å². The number of hydrogen-bond acceptors (Lipinski definition) is 5. The summed E-state index contributed by atoms with van der Waals surface area (Å²) in [6.45, 7) is 3.43. The highest BCUT2D eigenvalue weighted by atomic mass is 32.2. The minimum Gasteiger partial charge on any atom is -0.334 e. The molecule has 0 saturated carbocycles. The normalized spacial score (nSPS) is 18.1. The van der Waals surface area contributed by atoms with E-state index in [4.69, 9.17) is 0 Å². The highest BCUT2D eigenvalue weighted by molar-refractivity contribution is 7.89. The largest absolute Gasteiger partial charge is 0.334 e. The molecule has 1 saturated heterocycles. The van der Waals surface area contributed by atoms with Crippen molar-refractivity contribution in [1.29, 1.82) is 0 Å². The summed E-state index contributed by atoms with van der Waals surface area (Å²) in [7, 11) is -4.20. The van der Waals surface area contributed by atoms with Crippen LogP contribution < -0.4 is 0 Å². The summed E-state index contributed by atoms with van der Waals surface area (Å²) >= 11 is 0. The molecule has 1 aliphatic heterocycles. The molecule has 140 valence electrons. The van der Waals surface area contributed by atoms with Crippen LogP contribution in [0.4, 0.5) is 8.78 Å². The first-order valence-corrected chi connectivity index (χ1v) is 9.20. The van der Waals surface area contributed by atoms with E-state index in [9.17, 15) is 22.0 Å². The number of rotatable bonds is 3. The molecule has 0 unspecified atom stereocenters. The maximum Gasteiger partial charge on any atom is 0.276 e. The SMILES string of the molecule is CC1(C)CN(C(=O)c2cn[nH]n2)CCN1S(=O)(=O)c1ccc(F)cc1F. The van der Waals surface area contributed by atoms with Gasteiger partial charge in [0.2, 0.25) is 10.0 Å². The Bertz CT molecular complexity index is 931. The Morgan fingerprint density at radius 1 is 1.27 bits per heavy atom. The van der Waals surface area contributed by atoms with Crippen molar-refractivity contribution >= 4 is 15.9 Å². The van der Waals surface area contributed by atoms with E-state index < -0.39 is 32.1 Å². The van der Waals surface area contributed by atoms with Crippen molar-refractivity contribution in [2.24, 2.45) is 0 Å². The molecule has 26 heavy (non-hydrogen) atoms. The van der Waals surface area contributed by atoms with Crippen molar-refractivity contribution in [2.45, 2.75) is 24.3 Å². The first-order chi connectivity index (χ1) is 12.1. The summed E-state index contributed by atoms with van der Waals surface area (Å²) in [5, 5.41) is 9.66. The number of halogens is 2. The average molecular weight is 385 g/mol. The Labute approximate surface area is 148 Å². The third-order valence-electron chi connectivity index (χ3n) is 4.21. The molecule has 1 N–H and O–H groups in total. The van der Waals surface area contributed by atoms with Crippen LogP contribution in [0.3, 0.4) is 0 Å². The molecule has 0 bridgehead atoms. The second-order valence-corrected chi connectivity index (χ2v) is 8.38. The van der Waals surface area contributed by atoms with Crippen LogP contribution in [0, 0.1) is 11.6 Å². The zero-order valence-electron chi connectivity index (χ0n) is 14.1. The molecule has 0 atom stereocenters. The Hall–Kier alpha value is -2.40. The van der Waals surface area contributed by atoms with Crippen LogP contribution in [0.5, 0.6) is 0 Å². The molecular formula is C15H17F2N5O3S. The lowest BCUT2D eigenvalue weighted by atomic mass is 10.0. The van der Waals surface area contributed by atoms with E-state index in [-0.39, 0.29) is 31.2 Å². The fourth-order valence-electron chi connectivity index (χ4n) is 3.03. The predicted octanol–water partition coefficient (Wildman–Crippen LogP) is 1.01. The van der Waals surface area contributed by atoms with Gasteiger partial charge in [0.1, 0.15) is 16.5 Å². The van der Waals surface area contributed by atoms with Crippen LogP contribution in [-0.4, -0.2) is 64.1 Å². The van der Waals surface area contributed by atoms with Crippen LogP contribution >= 0.6 is 0 Å². The van der Waals surface area contributed by atoms with Gasteiger partial charge in [-0.05, 0) is 26.0 Å². The third-order valence-corrected chi connectivity index (χ3v) is 6.35. The van der Waals surface area contributed by atoms with Gasteiger partial charge in [0.05, 0.1) is 6.20 Å². The first-order valence-electron chi connectivity index (χ1n) is 7.76. The summed E-state index contributed by atoms with van der Waals surface area (Å²) in [6.07, 6.45) is 1.28. The summed E-state index contributed by atoms with van der Waals surface area (Å²) in [6, 6.07) is 2.33. The van der Waals surface area contributed by atoms with E-state index in [2.05, 4.69) is 15.4 Å². The van der Waals surface area contributed by atoms with Crippen LogP contribution in [0.1, 0.15) is 24.3 Å². The molecule has 1 aliphatic rings. The monoisotopic (exact) mass is 385 g/mol. The average Bonchev–Trinajstić information content (AvgIpc) is 3.06. The molecule has 3 rings (SSSR count). The predicted molar refractivity (Wildman–Crippen MR) is 86.6 cm³/mol. The molecule has 2 aromatic rings. The van der Waals surface area contributed by atoms with E-state index in [1.54, 1.807) is 13.8 Å². The number of amides is 1. The summed E-state index contributed by atoms with van der Waals surface area (Å²) in [5.41, 5.74) is -0.876. The number of aromatic amines is 1. The molecule has 1 aromatic carbocycles. The molecule has 8 nitrogen and oxygen atoms in total. The fraction of sp³-hybridized carbons (Fsp3) is 0.400. The van der Waals surface area contributed by atoms with Crippen molar-refractivity contribution < 1.29 is 22.0 Å². The van der Waals surface area contributed by atoms with Gasteiger partial charge < -0.3 is 4.90 Å². The second kappa shape index (κ2) is 6.40. The standard InChI is InChI=1S/C15H17F2N5O3S/c1-15(2)9-21(14(23)12-8-18-20-19-12)5-6-22(15)26(24,25)13-4-3-10(16)7-11(13)17/h3-4,7-8H,5-6,9H2,1-2H3,(H,18,19,20). The van der Waals surface area contributed by atoms with E-state index in [1.807, 2.05) is 0 Å².